The first-order chi connectivity index (χ1) is 13.1. The number of fused-ring (bicyclic) bond motifs is 1. The van der Waals surface area contributed by atoms with Crippen LogP contribution in [0.2, 0.25) is 0 Å². The highest BCUT2D eigenvalue weighted by atomic mass is 19.4. The van der Waals surface area contributed by atoms with E-state index >= 15 is 0 Å². The van der Waals surface area contributed by atoms with Crippen molar-refractivity contribution in [1.29, 1.82) is 0 Å². The van der Waals surface area contributed by atoms with Crippen LogP contribution in [0.5, 0.6) is 0 Å². The van der Waals surface area contributed by atoms with Gasteiger partial charge in [-0.3, -0.25) is 9.80 Å². The van der Waals surface area contributed by atoms with Gasteiger partial charge in [0, 0.05) is 32.6 Å². The molecular formula is C17H20F5N5O. The van der Waals surface area contributed by atoms with Gasteiger partial charge in [-0.05, 0) is 24.1 Å². The highest BCUT2D eigenvalue weighted by molar-refractivity contribution is 5.89. The zero-order valence-electron chi connectivity index (χ0n) is 15.1. The fourth-order valence-corrected chi connectivity index (χ4v) is 3.45. The van der Waals surface area contributed by atoms with Gasteiger partial charge in [0.15, 0.2) is 11.6 Å². The fraction of sp³-hybridized carbons (Fsp3) is 0.529. The van der Waals surface area contributed by atoms with Crippen molar-refractivity contribution >= 4 is 11.7 Å². The lowest BCUT2D eigenvalue weighted by molar-refractivity contribution is -0.135. The van der Waals surface area contributed by atoms with E-state index in [2.05, 4.69) is 5.10 Å². The molecule has 1 fully saturated rings. The Hall–Kier alpha value is -2.43. The molecule has 1 saturated heterocycles. The van der Waals surface area contributed by atoms with Crippen molar-refractivity contribution in [3.05, 3.63) is 35.4 Å². The summed E-state index contributed by atoms with van der Waals surface area (Å²) in [6, 6.07) is 2.79. The monoisotopic (exact) mass is 405 g/mol. The number of alkyl halides is 3. The van der Waals surface area contributed by atoms with Gasteiger partial charge in [-0.1, -0.05) is 6.07 Å². The third-order valence-corrected chi connectivity index (χ3v) is 4.84. The van der Waals surface area contributed by atoms with E-state index < -0.39 is 35.9 Å². The first kappa shape index (κ1) is 20.3. The van der Waals surface area contributed by atoms with Gasteiger partial charge in [-0.25, -0.2) is 8.78 Å². The number of hydrogen-bond donors (Lipinski definition) is 1. The SMILES string of the molecule is CN1N=C(C(F)(F)F)N2CCN(C(=O)C[C@H](N)Cc3ccc(F)c(F)c3)CC12. The second-order valence-electron chi connectivity index (χ2n) is 6.93. The topological polar surface area (TPSA) is 65.2 Å². The number of benzene rings is 1. The molecule has 28 heavy (non-hydrogen) atoms. The number of amides is 1. The van der Waals surface area contributed by atoms with Gasteiger partial charge in [0.05, 0.1) is 6.54 Å². The van der Waals surface area contributed by atoms with Gasteiger partial charge >= 0.3 is 6.18 Å². The summed E-state index contributed by atoms with van der Waals surface area (Å²) in [7, 11) is 1.43. The molecule has 0 aliphatic carbocycles. The fourth-order valence-electron chi connectivity index (χ4n) is 3.45. The quantitative estimate of drug-likeness (QED) is 0.772. The van der Waals surface area contributed by atoms with E-state index in [-0.39, 0.29) is 38.4 Å². The summed E-state index contributed by atoms with van der Waals surface area (Å²) in [5.41, 5.74) is 6.42. The van der Waals surface area contributed by atoms with E-state index in [4.69, 9.17) is 5.73 Å². The summed E-state index contributed by atoms with van der Waals surface area (Å²) in [5, 5.41) is 4.75. The van der Waals surface area contributed by atoms with Crippen LogP contribution in [0.25, 0.3) is 0 Å². The highest BCUT2D eigenvalue weighted by Crippen LogP contribution is 2.29. The van der Waals surface area contributed by atoms with Crippen LogP contribution in [0.1, 0.15) is 12.0 Å². The van der Waals surface area contributed by atoms with Gasteiger partial charge in [-0.2, -0.15) is 18.3 Å². The minimum absolute atomic E-state index is 0.0114. The Kier molecular flexibility index (Phi) is 5.46. The van der Waals surface area contributed by atoms with Crippen LogP contribution in [0, 0.1) is 11.6 Å². The van der Waals surface area contributed by atoms with Crippen molar-refractivity contribution in [2.24, 2.45) is 10.8 Å². The molecule has 0 spiro atoms. The normalized spacial score (nSPS) is 20.9. The number of halogens is 5. The second-order valence-corrected chi connectivity index (χ2v) is 6.93. The Morgan fingerprint density at radius 3 is 2.64 bits per heavy atom. The molecule has 0 saturated carbocycles. The number of hydrazone groups is 1. The van der Waals surface area contributed by atoms with Crippen LogP contribution in [0.4, 0.5) is 22.0 Å². The molecular weight excluding hydrogens is 385 g/mol. The number of amidine groups is 1. The molecule has 0 bridgehead atoms. The summed E-state index contributed by atoms with van der Waals surface area (Å²) in [4.78, 5) is 15.1. The highest BCUT2D eigenvalue weighted by Gasteiger charge is 2.49. The molecule has 1 amide bonds. The van der Waals surface area contributed by atoms with E-state index in [0.29, 0.717) is 5.56 Å². The van der Waals surface area contributed by atoms with Gasteiger partial charge < -0.3 is 15.5 Å². The molecule has 11 heteroatoms. The van der Waals surface area contributed by atoms with Crippen LogP contribution in [0.3, 0.4) is 0 Å². The van der Waals surface area contributed by atoms with Crippen molar-refractivity contribution in [3.63, 3.8) is 0 Å². The lowest BCUT2D eigenvalue weighted by Gasteiger charge is -2.40. The van der Waals surface area contributed by atoms with Crippen LogP contribution in [-0.2, 0) is 11.2 Å². The number of carbonyl (C=O) groups excluding carboxylic acids is 1. The number of nitrogens with zero attached hydrogens (tertiary/aromatic N) is 4. The van der Waals surface area contributed by atoms with Crippen molar-refractivity contribution in [1.82, 2.24) is 14.8 Å². The van der Waals surface area contributed by atoms with Crippen LogP contribution in [-0.4, -0.2) is 71.6 Å². The van der Waals surface area contributed by atoms with Gasteiger partial charge in [0.25, 0.3) is 0 Å². The number of piperazine rings is 1. The average molecular weight is 405 g/mol. The Morgan fingerprint density at radius 2 is 2.00 bits per heavy atom. The smallest absolute Gasteiger partial charge is 0.337 e. The van der Waals surface area contributed by atoms with E-state index in [9.17, 15) is 26.7 Å². The number of rotatable bonds is 4. The first-order valence-corrected chi connectivity index (χ1v) is 8.69. The maximum Gasteiger partial charge on any atom is 0.451 e. The van der Waals surface area contributed by atoms with Crippen LogP contribution in [0.15, 0.2) is 23.3 Å². The second kappa shape index (κ2) is 7.53. The number of hydrogen-bond acceptors (Lipinski definition) is 5. The largest absolute Gasteiger partial charge is 0.451 e. The molecule has 1 unspecified atom stereocenters. The Labute approximate surface area is 158 Å². The molecule has 2 atom stereocenters. The molecule has 3 rings (SSSR count). The van der Waals surface area contributed by atoms with Crippen molar-refractivity contribution in [2.45, 2.75) is 31.2 Å². The number of carbonyl (C=O) groups is 1. The molecule has 2 aliphatic rings. The van der Waals surface area contributed by atoms with Crippen molar-refractivity contribution in [3.8, 4) is 0 Å². The summed E-state index contributed by atoms with van der Waals surface area (Å²) < 4.78 is 65.4. The minimum Gasteiger partial charge on any atom is -0.337 e. The molecule has 2 N–H and O–H groups in total. The number of nitrogens with two attached hydrogens (primary N) is 1. The van der Waals surface area contributed by atoms with E-state index in [1.165, 1.54) is 23.0 Å². The minimum atomic E-state index is -4.55. The Morgan fingerprint density at radius 1 is 1.29 bits per heavy atom. The van der Waals surface area contributed by atoms with Crippen molar-refractivity contribution < 1.29 is 26.7 Å². The van der Waals surface area contributed by atoms with Gasteiger partial charge in [0.2, 0.25) is 11.7 Å². The maximum absolute atomic E-state index is 13.3. The van der Waals surface area contributed by atoms with Crippen molar-refractivity contribution in [2.75, 3.05) is 26.7 Å². The van der Waals surface area contributed by atoms with Gasteiger partial charge in [0.1, 0.15) is 6.17 Å². The molecule has 1 aromatic carbocycles. The average Bonchev–Trinajstić information content (AvgIpc) is 2.95. The Balaban J connectivity index is 1.57. The molecule has 2 aliphatic heterocycles. The zero-order chi connectivity index (χ0) is 20.6. The molecule has 154 valence electrons. The van der Waals surface area contributed by atoms with Crippen LogP contribution < -0.4 is 5.73 Å². The third kappa shape index (κ3) is 4.18. The standard InChI is InChI=1S/C17H20F5N5O/c1-25-14-9-26(4-5-27(14)16(24-25)17(20,21)22)15(28)8-11(23)6-10-2-3-12(18)13(19)7-10/h2-3,7,11,14H,4-6,8-9,23H2,1H3/t11-,14?/m1/s1. The Bertz CT molecular complexity index is 784. The van der Waals surface area contributed by atoms with Crippen LogP contribution >= 0.6 is 0 Å². The molecule has 0 aromatic heterocycles. The molecule has 6 nitrogen and oxygen atoms in total. The maximum atomic E-state index is 13.3. The lowest BCUT2D eigenvalue weighted by Crippen LogP contribution is -2.59. The molecule has 1 aromatic rings. The summed E-state index contributed by atoms with van der Waals surface area (Å²) in [5.74, 6) is -3.21. The summed E-state index contributed by atoms with van der Waals surface area (Å²) >= 11 is 0. The molecule has 0 radical (unpaired) electrons. The third-order valence-electron chi connectivity index (χ3n) is 4.84. The summed E-state index contributed by atoms with van der Waals surface area (Å²) in [6.07, 6.45) is -5.12. The zero-order valence-corrected chi connectivity index (χ0v) is 15.1. The van der Waals surface area contributed by atoms with E-state index in [1.807, 2.05) is 0 Å². The van der Waals surface area contributed by atoms with E-state index in [1.54, 1.807) is 0 Å². The van der Waals surface area contributed by atoms with Gasteiger partial charge in [-0.15, -0.1) is 0 Å². The molecule has 2 heterocycles. The number of likely N-dealkylation sites (N-methyl/N-ethyl adjacent to an activating group) is 1. The first-order valence-electron chi connectivity index (χ1n) is 8.69. The summed E-state index contributed by atoms with van der Waals surface area (Å²) in [6.45, 7) is 0.198. The lowest BCUT2D eigenvalue weighted by atomic mass is 10.0. The van der Waals surface area contributed by atoms with E-state index in [0.717, 1.165) is 17.0 Å². The predicted octanol–water partition coefficient (Wildman–Crippen LogP) is 1.52. The predicted molar refractivity (Wildman–Crippen MR) is 91.0 cm³/mol.